The van der Waals surface area contributed by atoms with Crippen LogP contribution in [0.15, 0.2) is 60.8 Å². The predicted octanol–water partition coefficient (Wildman–Crippen LogP) is 2.54. The smallest absolute Gasteiger partial charge is 0.351 e. The van der Waals surface area contributed by atoms with Crippen molar-refractivity contribution in [3.63, 3.8) is 0 Å². The molecule has 3 aromatic rings. The average molecular weight is 351 g/mol. The number of carbonyl (C=O) groups excluding carboxylic acids is 1. The quantitative estimate of drug-likeness (QED) is 0.673. The zero-order chi connectivity index (χ0) is 17.9. The highest BCUT2D eigenvalue weighted by molar-refractivity contribution is 5.76. The maximum Gasteiger partial charge on any atom is 0.351 e. The second-order valence-electron chi connectivity index (χ2n) is 5.88. The summed E-state index contributed by atoms with van der Waals surface area (Å²) in [5.74, 6) is 0.652. The molecule has 2 heterocycles. The fraction of sp³-hybridized carbons (Fsp3) is 0.211. The van der Waals surface area contributed by atoms with E-state index in [4.69, 9.17) is 14.2 Å². The first-order chi connectivity index (χ1) is 12.7. The van der Waals surface area contributed by atoms with E-state index in [-0.39, 0.29) is 6.61 Å². The molecule has 0 aliphatic carbocycles. The molecule has 1 aliphatic rings. The van der Waals surface area contributed by atoms with Gasteiger partial charge in [-0.25, -0.2) is 4.79 Å². The molecule has 0 fully saturated rings. The van der Waals surface area contributed by atoms with Crippen LogP contribution in [0.4, 0.5) is 0 Å². The Balaban J connectivity index is 1.39. The Morgan fingerprint density at radius 2 is 1.77 bits per heavy atom. The van der Waals surface area contributed by atoms with Crippen molar-refractivity contribution in [2.75, 3.05) is 0 Å². The zero-order valence-electron chi connectivity index (χ0n) is 14.1. The first-order valence-corrected chi connectivity index (χ1v) is 8.26. The van der Waals surface area contributed by atoms with Crippen molar-refractivity contribution in [2.24, 2.45) is 0 Å². The Labute approximate surface area is 150 Å². The summed E-state index contributed by atoms with van der Waals surface area (Å²) in [6, 6.07) is 16.7. The number of ether oxygens (including phenoxy) is 3. The van der Waals surface area contributed by atoms with Gasteiger partial charge in [0, 0.05) is 0 Å². The molecule has 2 atom stereocenters. The Morgan fingerprint density at radius 1 is 1.08 bits per heavy atom. The van der Waals surface area contributed by atoms with E-state index in [2.05, 4.69) is 10.2 Å². The molecule has 0 radical (unpaired) electrons. The molecule has 26 heavy (non-hydrogen) atoms. The molecule has 0 bridgehead atoms. The van der Waals surface area contributed by atoms with Crippen molar-refractivity contribution in [1.29, 1.82) is 0 Å². The first-order valence-electron chi connectivity index (χ1n) is 8.26. The SMILES string of the molecule is C[C@@H]1Oc2ccccc2O[C@@H]1C(=O)OCc1cnn(-c2ccccc2)n1. The first kappa shape index (κ1) is 16.1. The van der Waals surface area contributed by atoms with Gasteiger partial charge in [-0.2, -0.15) is 9.90 Å². The highest BCUT2D eigenvalue weighted by Gasteiger charge is 2.35. The monoisotopic (exact) mass is 351 g/mol. The Bertz CT molecular complexity index is 910. The number of esters is 1. The van der Waals surface area contributed by atoms with Gasteiger partial charge in [0.2, 0.25) is 6.10 Å². The lowest BCUT2D eigenvalue weighted by Gasteiger charge is -2.30. The molecule has 1 aliphatic heterocycles. The normalized spacial score (nSPS) is 18.3. The Hall–Kier alpha value is -3.35. The van der Waals surface area contributed by atoms with Gasteiger partial charge in [-0.3, -0.25) is 0 Å². The summed E-state index contributed by atoms with van der Waals surface area (Å²) in [7, 11) is 0. The summed E-state index contributed by atoms with van der Waals surface area (Å²) in [5.41, 5.74) is 1.38. The minimum Gasteiger partial charge on any atom is -0.482 e. The minimum atomic E-state index is -0.825. The van der Waals surface area contributed by atoms with E-state index < -0.39 is 18.2 Å². The maximum absolute atomic E-state index is 12.4. The summed E-state index contributed by atoms with van der Waals surface area (Å²) >= 11 is 0. The van der Waals surface area contributed by atoms with E-state index in [0.29, 0.717) is 17.2 Å². The largest absolute Gasteiger partial charge is 0.482 e. The number of rotatable bonds is 4. The summed E-state index contributed by atoms with van der Waals surface area (Å²) in [5, 5.41) is 8.49. The van der Waals surface area contributed by atoms with Gasteiger partial charge in [0.15, 0.2) is 11.5 Å². The van der Waals surface area contributed by atoms with Crippen molar-refractivity contribution < 1.29 is 19.0 Å². The summed E-state index contributed by atoms with van der Waals surface area (Å²) in [6.45, 7) is 1.79. The van der Waals surface area contributed by atoms with Crippen molar-refractivity contribution >= 4 is 5.97 Å². The predicted molar refractivity (Wildman–Crippen MR) is 92.1 cm³/mol. The third-order valence-corrected chi connectivity index (χ3v) is 3.96. The standard InChI is InChI=1S/C19H17N3O4/c1-13-18(26-17-10-6-5-9-16(17)25-13)19(23)24-12-14-11-20-22(21-14)15-7-3-2-4-8-15/h2-11,13,18H,12H2,1H3/t13-,18-/m0/s1. The third-order valence-electron chi connectivity index (χ3n) is 3.96. The van der Waals surface area contributed by atoms with Gasteiger partial charge >= 0.3 is 5.97 Å². The summed E-state index contributed by atoms with van der Waals surface area (Å²) in [6.07, 6.45) is 0.295. The van der Waals surface area contributed by atoms with Crippen molar-refractivity contribution in [3.05, 3.63) is 66.5 Å². The van der Waals surface area contributed by atoms with Gasteiger partial charge in [-0.1, -0.05) is 30.3 Å². The van der Waals surface area contributed by atoms with Crippen molar-refractivity contribution in [2.45, 2.75) is 25.7 Å². The fourth-order valence-electron chi connectivity index (χ4n) is 2.65. The van der Waals surface area contributed by atoms with Crippen molar-refractivity contribution in [3.8, 4) is 17.2 Å². The topological polar surface area (TPSA) is 75.5 Å². The molecular formula is C19H17N3O4. The lowest BCUT2D eigenvalue weighted by Crippen LogP contribution is -2.44. The van der Waals surface area contributed by atoms with Crippen LogP contribution in [0, 0.1) is 0 Å². The molecule has 7 heteroatoms. The molecule has 0 saturated heterocycles. The molecule has 7 nitrogen and oxygen atoms in total. The highest BCUT2D eigenvalue weighted by atomic mass is 16.6. The van der Waals surface area contributed by atoms with Crippen LogP contribution in [0.1, 0.15) is 12.6 Å². The number of benzene rings is 2. The van der Waals surface area contributed by atoms with Gasteiger partial charge in [-0.15, -0.1) is 5.10 Å². The Morgan fingerprint density at radius 3 is 2.54 bits per heavy atom. The van der Waals surface area contributed by atoms with Gasteiger partial charge in [0.05, 0.1) is 11.9 Å². The van der Waals surface area contributed by atoms with E-state index in [1.807, 2.05) is 42.5 Å². The molecule has 0 spiro atoms. The van der Waals surface area contributed by atoms with Gasteiger partial charge in [0.25, 0.3) is 0 Å². The van der Waals surface area contributed by atoms with Gasteiger partial charge < -0.3 is 14.2 Å². The van der Waals surface area contributed by atoms with Crippen LogP contribution < -0.4 is 9.47 Å². The summed E-state index contributed by atoms with van der Waals surface area (Å²) in [4.78, 5) is 13.9. The maximum atomic E-state index is 12.4. The van der Waals surface area contributed by atoms with Crippen LogP contribution in [-0.2, 0) is 16.1 Å². The van der Waals surface area contributed by atoms with E-state index in [0.717, 1.165) is 5.69 Å². The fourth-order valence-corrected chi connectivity index (χ4v) is 2.65. The van der Waals surface area contributed by atoms with Crippen LogP contribution in [0.25, 0.3) is 5.69 Å². The molecule has 0 amide bonds. The molecule has 1 aromatic heterocycles. The summed E-state index contributed by atoms with van der Waals surface area (Å²) < 4.78 is 16.8. The van der Waals surface area contributed by atoms with E-state index in [9.17, 15) is 4.79 Å². The van der Waals surface area contributed by atoms with Crippen LogP contribution in [0.5, 0.6) is 11.5 Å². The van der Waals surface area contributed by atoms with E-state index in [1.165, 1.54) is 4.80 Å². The zero-order valence-corrected chi connectivity index (χ0v) is 14.1. The number of fused-ring (bicyclic) bond motifs is 1. The van der Waals surface area contributed by atoms with Crippen molar-refractivity contribution in [1.82, 2.24) is 15.0 Å². The van der Waals surface area contributed by atoms with Crippen LogP contribution in [0.3, 0.4) is 0 Å². The number of hydrogen-bond acceptors (Lipinski definition) is 6. The average Bonchev–Trinajstić information content (AvgIpc) is 3.15. The molecule has 0 unspecified atom stereocenters. The molecule has 0 saturated carbocycles. The lowest BCUT2D eigenvalue weighted by atomic mass is 10.2. The van der Waals surface area contributed by atoms with Crippen LogP contribution >= 0.6 is 0 Å². The lowest BCUT2D eigenvalue weighted by molar-refractivity contribution is -0.159. The second-order valence-corrected chi connectivity index (χ2v) is 5.88. The second kappa shape index (κ2) is 6.87. The molecule has 2 aromatic carbocycles. The number of hydrogen-bond donors (Lipinski definition) is 0. The molecule has 0 N–H and O–H groups in total. The van der Waals surface area contributed by atoms with Crippen LogP contribution in [0.2, 0.25) is 0 Å². The molecule has 4 rings (SSSR count). The Kier molecular flexibility index (Phi) is 4.27. The molecule has 132 valence electrons. The molecular weight excluding hydrogens is 334 g/mol. The third kappa shape index (κ3) is 3.23. The van der Waals surface area contributed by atoms with E-state index in [1.54, 1.807) is 25.3 Å². The number of para-hydroxylation sites is 3. The minimum absolute atomic E-state index is 0.0138. The van der Waals surface area contributed by atoms with Gasteiger partial charge in [-0.05, 0) is 31.2 Å². The highest BCUT2D eigenvalue weighted by Crippen LogP contribution is 2.33. The van der Waals surface area contributed by atoms with E-state index >= 15 is 0 Å². The number of carbonyl (C=O) groups is 1. The number of nitrogens with zero attached hydrogens (tertiary/aromatic N) is 3. The van der Waals surface area contributed by atoms with Crippen LogP contribution in [-0.4, -0.2) is 33.2 Å². The van der Waals surface area contributed by atoms with Gasteiger partial charge in [0.1, 0.15) is 18.4 Å². The number of aromatic nitrogens is 3.